The van der Waals surface area contributed by atoms with Crippen molar-refractivity contribution in [2.75, 3.05) is 40.3 Å². The van der Waals surface area contributed by atoms with Gasteiger partial charge in [0.1, 0.15) is 5.82 Å². The number of amides is 1. The van der Waals surface area contributed by atoms with Crippen LogP contribution in [0.5, 0.6) is 0 Å². The summed E-state index contributed by atoms with van der Waals surface area (Å²) in [5.74, 6) is 1.45. The van der Waals surface area contributed by atoms with E-state index in [0.717, 1.165) is 30.9 Å². The summed E-state index contributed by atoms with van der Waals surface area (Å²) in [6.07, 6.45) is 5.19. The number of carbonyl (C=O) groups excluding carboxylic acids is 1. The summed E-state index contributed by atoms with van der Waals surface area (Å²) in [5.41, 5.74) is 0.874. The molecule has 1 unspecified atom stereocenters. The third-order valence-corrected chi connectivity index (χ3v) is 4.48. The first-order valence-electron chi connectivity index (χ1n) is 8.59. The van der Waals surface area contributed by atoms with E-state index in [2.05, 4.69) is 49.4 Å². The lowest BCUT2D eigenvalue weighted by atomic mass is 10.2. The lowest BCUT2D eigenvalue weighted by Crippen LogP contribution is -2.38. The highest BCUT2D eigenvalue weighted by Crippen LogP contribution is 2.13. The highest BCUT2D eigenvalue weighted by Gasteiger charge is 2.25. The van der Waals surface area contributed by atoms with Crippen LogP contribution in [0.25, 0.3) is 11.4 Å². The molecule has 1 amide bonds. The molecule has 1 fully saturated rings. The van der Waals surface area contributed by atoms with E-state index in [0.29, 0.717) is 31.4 Å². The molecule has 2 N–H and O–H groups in total. The minimum Gasteiger partial charge on any atom is -0.355 e. The average Bonchev–Trinajstić information content (AvgIpc) is 3.25. The van der Waals surface area contributed by atoms with Gasteiger partial charge in [-0.25, -0.2) is 4.98 Å². The molecule has 0 bridgehead atoms. The molecule has 2 aromatic heterocycles. The van der Waals surface area contributed by atoms with Crippen molar-refractivity contribution in [3.63, 3.8) is 0 Å². The van der Waals surface area contributed by atoms with Gasteiger partial charge < -0.3 is 10.2 Å². The molecule has 3 rings (SSSR count). The Morgan fingerprint density at radius 1 is 1.48 bits per heavy atom. The van der Waals surface area contributed by atoms with Gasteiger partial charge >= 0.3 is 0 Å². The molecule has 0 aliphatic carbocycles. The van der Waals surface area contributed by atoms with E-state index in [1.165, 1.54) is 0 Å². The van der Waals surface area contributed by atoms with Crippen molar-refractivity contribution in [1.82, 2.24) is 35.3 Å². The smallest absolute Gasteiger partial charge is 0.234 e. The number of hydrogen-bond acceptors (Lipinski definition) is 6. The summed E-state index contributed by atoms with van der Waals surface area (Å²) in [6, 6.07) is 4.32. The van der Waals surface area contributed by atoms with Crippen molar-refractivity contribution in [1.29, 1.82) is 0 Å². The third kappa shape index (κ3) is 4.83. The number of aromatic amines is 1. The van der Waals surface area contributed by atoms with Gasteiger partial charge in [0, 0.05) is 50.1 Å². The Kier molecular flexibility index (Phi) is 5.72. The molecule has 1 aliphatic rings. The monoisotopic (exact) mass is 343 g/mol. The van der Waals surface area contributed by atoms with Crippen molar-refractivity contribution in [2.24, 2.45) is 0 Å². The number of aromatic nitrogens is 4. The molecule has 8 heteroatoms. The maximum Gasteiger partial charge on any atom is 0.234 e. The first-order chi connectivity index (χ1) is 12.1. The van der Waals surface area contributed by atoms with Gasteiger partial charge in [-0.3, -0.25) is 19.8 Å². The van der Waals surface area contributed by atoms with Crippen LogP contribution in [0.4, 0.5) is 0 Å². The summed E-state index contributed by atoms with van der Waals surface area (Å²) in [7, 11) is 4.18. The van der Waals surface area contributed by atoms with Crippen LogP contribution in [0.15, 0.2) is 24.5 Å². The van der Waals surface area contributed by atoms with E-state index in [1.54, 1.807) is 12.4 Å². The fraction of sp³-hybridized carbons (Fsp3) is 0.529. The SMILES string of the molecule is CN(C)C1CCN(CC(=O)NCCc2nc(-c3cccnc3)n[nH]2)C1. The van der Waals surface area contributed by atoms with Gasteiger partial charge in [0.2, 0.25) is 5.91 Å². The Morgan fingerprint density at radius 3 is 3.08 bits per heavy atom. The fourth-order valence-electron chi connectivity index (χ4n) is 2.99. The van der Waals surface area contributed by atoms with Crippen molar-refractivity contribution >= 4 is 5.91 Å². The molecule has 0 spiro atoms. The van der Waals surface area contributed by atoms with Gasteiger partial charge in [0.05, 0.1) is 6.54 Å². The Balaban J connectivity index is 1.40. The lowest BCUT2D eigenvalue weighted by Gasteiger charge is -2.20. The van der Waals surface area contributed by atoms with Gasteiger partial charge in [0.15, 0.2) is 5.82 Å². The van der Waals surface area contributed by atoms with Crippen LogP contribution in [0.2, 0.25) is 0 Å². The maximum atomic E-state index is 12.1. The summed E-state index contributed by atoms with van der Waals surface area (Å²) in [5, 5.41) is 10.1. The molecule has 0 aromatic carbocycles. The Hall–Kier alpha value is -2.32. The van der Waals surface area contributed by atoms with Crippen molar-refractivity contribution in [3.05, 3.63) is 30.4 Å². The summed E-state index contributed by atoms with van der Waals surface area (Å²) in [6.45, 7) is 2.94. The molecule has 0 saturated carbocycles. The lowest BCUT2D eigenvalue weighted by molar-refractivity contribution is -0.122. The Labute approximate surface area is 147 Å². The second-order valence-electron chi connectivity index (χ2n) is 6.59. The summed E-state index contributed by atoms with van der Waals surface area (Å²) < 4.78 is 0. The van der Waals surface area contributed by atoms with Crippen LogP contribution in [0.3, 0.4) is 0 Å². The number of carbonyl (C=O) groups is 1. The summed E-state index contributed by atoms with van der Waals surface area (Å²) >= 11 is 0. The van der Waals surface area contributed by atoms with E-state index in [-0.39, 0.29) is 5.91 Å². The molecule has 1 saturated heterocycles. The predicted molar refractivity (Wildman–Crippen MR) is 94.9 cm³/mol. The number of likely N-dealkylation sites (N-methyl/N-ethyl adjacent to an activating group) is 1. The van der Waals surface area contributed by atoms with E-state index in [1.807, 2.05) is 12.1 Å². The third-order valence-electron chi connectivity index (χ3n) is 4.48. The number of pyridine rings is 1. The minimum atomic E-state index is 0.0615. The van der Waals surface area contributed by atoms with Gasteiger partial charge in [-0.15, -0.1) is 0 Å². The van der Waals surface area contributed by atoms with Crippen molar-refractivity contribution in [2.45, 2.75) is 18.9 Å². The molecule has 3 heterocycles. The van der Waals surface area contributed by atoms with Gasteiger partial charge in [-0.05, 0) is 32.6 Å². The zero-order valence-corrected chi connectivity index (χ0v) is 14.8. The number of nitrogens with zero attached hydrogens (tertiary/aromatic N) is 5. The second-order valence-corrected chi connectivity index (χ2v) is 6.59. The minimum absolute atomic E-state index is 0.0615. The fourth-order valence-corrected chi connectivity index (χ4v) is 2.99. The van der Waals surface area contributed by atoms with Crippen LogP contribution in [-0.4, -0.2) is 82.2 Å². The van der Waals surface area contributed by atoms with Gasteiger partial charge in [-0.2, -0.15) is 5.10 Å². The topological polar surface area (TPSA) is 90.0 Å². The quantitative estimate of drug-likeness (QED) is 0.744. The number of likely N-dealkylation sites (tertiary alicyclic amines) is 1. The number of H-pyrrole nitrogens is 1. The van der Waals surface area contributed by atoms with E-state index in [9.17, 15) is 4.79 Å². The Morgan fingerprint density at radius 2 is 2.36 bits per heavy atom. The van der Waals surface area contributed by atoms with E-state index < -0.39 is 0 Å². The molecule has 8 nitrogen and oxygen atoms in total. The average molecular weight is 343 g/mol. The van der Waals surface area contributed by atoms with E-state index in [4.69, 9.17) is 0 Å². The van der Waals surface area contributed by atoms with Crippen molar-refractivity contribution < 1.29 is 4.79 Å². The van der Waals surface area contributed by atoms with Crippen LogP contribution in [0, 0.1) is 0 Å². The zero-order chi connectivity index (χ0) is 17.6. The van der Waals surface area contributed by atoms with Crippen LogP contribution in [-0.2, 0) is 11.2 Å². The van der Waals surface area contributed by atoms with Crippen LogP contribution in [0.1, 0.15) is 12.2 Å². The van der Waals surface area contributed by atoms with Gasteiger partial charge in [0.25, 0.3) is 0 Å². The van der Waals surface area contributed by atoms with E-state index >= 15 is 0 Å². The molecular weight excluding hydrogens is 318 g/mol. The number of nitrogens with one attached hydrogen (secondary N) is 2. The largest absolute Gasteiger partial charge is 0.355 e. The maximum absolute atomic E-state index is 12.1. The molecular formula is C17H25N7O. The summed E-state index contributed by atoms with van der Waals surface area (Å²) in [4.78, 5) is 25.0. The van der Waals surface area contributed by atoms with Crippen molar-refractivity contribution in [3.8, 4) is 11.4 Å². The number of rotatable bonds is 7. The number of hydrogen-bond donors (Lipinski definition) is 2. The molecule has 0 radical (unpaired) electrons. The molecule has 2 aromatic rings. The first kappa shape index (κ1) is 17.5. The zero-order valence-electron chi connectivity index (χ0n) is 14.8. The molecule has 134 valence electrons. The van der Waals surface area contributed by atoms with Crippen LogP contribution >= 0.6 is 0 Å². The van der Waals surface area contributed by atoms with Gasteiger partial charge in [-0.1, -0.05) is 0 Å². The molecule has 1 aliphatic heterocycles. The first-order valence-corrected chi connectivity index (χ1v) is 8.59. The standard InChI is InChI=1S/C17H25N7O/c1-23(2)14-6-9-24(11-14)12-16(25)19-8-5-15-20-17(22-21-15)13-4-3-7-18-10-13/h3-4,7,10,14H,5-6,8-9,11-12H2,1-2H3,(H,19,25)(H,20,21,22). The molecule has 25 heavy (non-hydrogen) atoms. The predicted octanol–water partition coefficient (Wildman–Crippen LogP) is 0.161. The second kappa shape index (κ2) is 8.17. The molecule has 1 atom stereocenters. The van der Waals surface area contributed by atoms with Crippen LogP contribution < -0.4 is 5.32 Å². The normalized spacial score (nSPS) is 18.0. The Bertz CT molecular complexity index is 685. The highest BCUT2D eigenvalue weighted by atomic mass is 16.2. The highest BCUT2D eigenvalue weighted by molar-refractivity contribution is 5.78.